The summed E-state index contributed by atoms with van der Waals surface area (Å²) < 4.78 is 11.1. The van der Waals surface area contributed by atoms with Crippen LogP contribution >= 0.6 is 0 Å². The minimum atomic E-state index is 0.0181. The minimum absolute atomic E-state index is 0.0181. The van der Waals surface area contributed by atoms with Crippen molar-refractivity contribution in [3.8, 4) is 11.5 Å². The lowest BCUT2D eigenvalue weighted by atomic mass is 10.2. The highest BCUT2D eigenvalue weighted by molar-refractivity contribution is 5.99. The van der Waals surface area contributed by atoms with Gasteiger partial charge in [-0.15, -0.1) is 0 Å². The van der Waals surface area contributed by atoms with Gasteiger partial charge >= 0.3 is 0 Å². The van der Waals surface area contributed by atoms with Crippen LogP contribution in [-0.2, 0) is 0 Å². The van der Waals surface area contributed by atoms with Gasteiger partial charge in [0.2, 0.25) is 0 Å². The molecule has 5 nitrogen and oxygen atoms in total. The summed E-state index contributed by atoms with van der Waals surface area (Å²) in [5, 5.41) is 11.7. The summed E-state index contributed by atoms with van der Waals surface area (Å²) in [5.74, 6) is 1.37. The number of hydrogen-bond donors (Lipinski definition) is 2. The first-order valence-corrected chi connectivity index (χ1v) is 6.19. The topological polar surface area (TPSA) is 77.1 Å². The lowest BCUT2D eigenvalue weighted by Crippen LogP contribution is -2.16. The normalized spacial score (nSPS) is 11.1. The lowest BCUT2D eigenvalue weighted by Gasteiger charge is -2.11. The van der Waals surface area contributed by atoms with Crippen LogP contribution in [0.3, 0.4) is 0 Å². The number of rotatable bonds is 6. The zero-order chi connectivity index (χ0) is 14.2. The molecule has 0 unspecified atom stereocenters. The molecule has 0 saturated carbocycles. The summed E-state index contributed by atoms with van der Waals surface area (Å²) in [5.41, 5.74) is 6.13. The molecule has 0 spiro atoms. The molecule has 0 bridgehead atoms. The van der Waals surface area contributed by atoms with Crippen LogP contribution in [0.1, 0.15) is 5.56 Å². The first kappa shape index (κ1) is 13.7. The average molecular weight is 272 g/mol. The fraction of sp³-hybridized carbons (Fsp3) is 0.133. The van der Waals surface area contributed by atoms with Gasteiger partial charge in [-0.05, 0) is 24.3 Å². The van der Waals surface area contributed by atoms with Crippen LogP contribution in [0.5, 0.6) is 11.5 Å². The Morgan fingerprint density at radius 1 is 0.950 bits per heavy atom. The van der Waals surface area contributed by atoms with Gasteiger partial charge in [0, 0.05) is 0 Å². The molecule has 0 heterocycles. The van der Waals surface area contributed by atoms with E-state index >= 15 is 0 Å². The third-order valence-corrected chi connectivity index (χ3v) is 2.62. The van der Waals surface area contributed by atoms with E-state index in [-0.39, 0.29) is 5.84 Å². The summed E-state index contributed by atoms with van der Waals surface area (Å²) in [4.78, 5) is 0. The van der Waals surface area contributed by atoms with Crippen LogP contribution in [0.2, 0.25) is 0 Å². The number of ether oxygens (including phenoxy) is 2. The van der Waals surface area contributed by atoms with Crippen LogP contribution < -0.4 is 15.2 Å². The monoisotopic (exact) mass is 272 g/mol. The maximum Gasteiger partial charge on any atom is 0.173 e. The van der Waals surface area contributed by atoms with Crippen molar-refractivity contribution in [2.24, 2.45) is 10.9 Å². The van der Waals surface area contributed by atoms with Crippen LogP contribution in [0.15, 0.2) is 59.8 Å². The van der Waals surface area contributed by atoms with Crippen molar-refractivity contribution >= 4 is 5.84 Å². The van der Waals surface area contributed by atoms with E-state index < -0.39 is 0 Å². The molecule has 0 saturated heterocycles. The SMILES string of the molecule is N/C(=N\O)c1ccccc1OCCOc1ccccc1. The first-order chi connectivity index (χ1) is 9.81. The quantitative estimate of drug-likeness (QED) is 0.278. The Morgan fingerprint density at radius 2 is 1.60 bits per heavy atom. The number of oxime groups is 1. The maximum absolute atomic E-state index is 8.72. The van der Waals surface area contributed by atoms with E-state index in [1.165, 1.54) is 0 Å². The van der Waals surface area contributed by atoms with Gasteiger partial charge in [0.25, 0.3) is 0 Å². The number of amidine groups is 1. The van der Waals surface area contributed by atoms with Crippen molar-refractivity contribution in [3.63, 3.8) is 0 Å². The van der Waals surface area contributed by atoms with Gasteiger partial charge in [-0.1, -0.05) is 35.5 Å². The molecule has 2 aromatic rings. The number of benzene rings is 2. The van der Waals surface area contributed by atoms with Crippen LogP contribution in [0.25, 0.3) is 0 Å². The Morgan fingerprint density at radius 3 is 2.35 bits per heavy atom. The number of para-hydroxylation sites is 2. The second-order valence-electron chi connectivity index (χ2n) is 3.99. The van der Waals surface area contributed by atoms with E-state index in [0.717, 1.165) is 5.75 Å². The number of nitrogens with two attached hydrogens (primary N) is 1. The van der Waals surface area contributed by atoms with Crippen molar-refractivity contribution in [3.05, 3.63) is 60.2 Å². The third kappa shape index (κ3) is 3.65. The predicted molar refractivity (Wildman–Crippen MR) is 76.4 cm³/mol. The summed E-state index contributed by atoms with van der Waals surface area (Å²) in [6, 6.07) is 16.6. The highest BCUT2D eigenvalue weighted by Crippen LogP contribution is 2.17. The molecule has 3 N–H and O–H groups in total. The van der Waals surface area contributed by atoms with Gasteiger partial charge in [-0.3, -0.25) is 0 Å². The largest absolute Gasteiger partial charge is 0.490 e. The molecule has 0 atom stereocenters. The van der Waals surface area contributed by atoms with Gasteiger partial charge in [0.05, 0.1) is 5.56 Å². The smallest absolute Gasteiger partial charge is 0.173 e. The lowest BCUT2D eigenvalue weighted by molar-refractivity contribution is 0.217. The molecule has 0 aliphatic carbocycles. The molecule has 0 fully saturated rings. The van der Waals surface area contributed by atoms with Gasteiger partial charge in [-0.25, -0.2) is 0 Å². The van der Waals surface area contributed by atoms with E-state index in [1.54, 1.807) is 18.2 Å². The molecular formula is C15H16N2O3. The molecule has 5 heteroatoms. The summed E-state index contributed by atoms with van der Waals surface area (Å²) in [6.07, 6.45) is 0. The highest BCUT2D eigenvalue weighted by atomic mass is 16.5. The molecule has 2 aromatic carbocycles. The van der Waals surface area contributed by atoms with Crippen molar-refractivity contribution in [1.29, 1.82) is 0 Å². The van der Waals surface area contributed by atoms with Crippen molar-refractivity contribution in [2.75, 3.05) is 13.2 Å². The molecule has 20 heavy (non-hydrogen) atoms. The van der Waals surface area contributed by atoms with E-state index in [1.807, 2.05) is 36.4 Å². The molecule has 2 rings (SSSR count). The van der Waals surface area contributed by atoms with Crippen LogP contribution in [0, 0.1) is 0 Å². The Bertz CT molecular complexity index is 570. The van der Waals surface area contributed by atoms with E-state index in [2.05, 4.69) is 5.16 Å². The predicted octanol–water partition coefficient (Wildman–Crippen LogP) is 2.24. The van der Waals surface area contributed by atoms with Gasteiger partial charge in [0.1, 0.15) is 24.7 Å². The Kier molecular flexibility index (Phi) is 4.83. The Balaban J connectivity index is 1.88. The van der Waals surface area contributed by atoms with Gasteiger partial charge < -0.3 is 20.4 Å². The van der Waals surface area contributed by atoms with E-state index in [4.69, 9.17) is 20.4 Å². The number of nitrogens with zero attached hydrogens (tertiary/aromatic N) is 1. The van der Waals surface area contributed by atoms with Crippen molar-refractivity contribution in [1.82, 2.24) is 0 Å². The second-order valence-corrected chi connectivity index (χ2v) is 3.99. The third-order valence-electron chi connectivity index (χ3n) is 2.62. The molecule has 0 radical (unpaired) electrons. The molecule has 0 amide bonds. The summed E-state index contributed by atoms with van der Waals surface area (Å²) in [7, 11) is 0. The maximum atomic E-state index is 8.72. The minimum Gasteiger partial charge on any atom is -0.490 e. The summed E-state index contributed by atoms with van der Waals surface area (Å²) >= 11 is 0. The van der Waals surface area contributed by atoms with Gasteiger partial charge in [0.15, 0.2) is 5.84 Å². The molecule has 0 aliphatic heterocycles. The second kappa shape index (κ2) is 7.04. The van der Waals surface area contributed by atoms with Crippen molar-refractivity contribution in [2.45, 2.75) is 0 Å². The fourth-order valence-electron chi connectivity index (χ4n) is 1.69. The van der Waals surface area contributed by atoms with Crippen molar-refractivity contribution < 1.29 is 14.7 Å². The molecular weight excluding hydrogens is 256 g/mol. The fourth-order valence-corrected chi connectivity index (χ4v) is 1.69. The zero-order valence-electron chi connectivity index (χ0n) is 10.9. The van der Waals surface area contributed by atoms with Crippen LogP contribution in [0.4, 0.5) is 0 Å². The molecule has 104 valence electrons. The molecule has 0 aliphatic rings. The highest BCUT2D eigenvalue weighted by Gasteiger charge is 2.07. The Labute approximate surface area is 117 Å². The van der Waals surface area contributed by atoms with Crippen LogP contribution in [-0.4, -0.2) is 24.3 Å². The van der Waals surface area contributed by atoms with E-state index in [9.17, 15) is 0 Å². The number of hydrogen-bond acceptors (Lipinski definition) is 4. The standard InChI is InChI=1S/C15H16N2O3/c16-15(17-18)13-8-4-5-9-14(13)20-11-10-19-12-6-2-1-3-7-12/h1-9,18H,10-11H2,(H2,16,17). The molecule has 0 aromatic heterocycles. The Hall–Kier alpha value is -2.69. The first-order valence-electron chi connectivity index (χ1n) is 6.19. The summed E-state index contributed by atoms with van der Waals surface area (Å²) in [6.45, 7) is 0.777. The van der Waals surface area contributed by atoms with E-state index in [0.29, 0.717) is 24.5 Å². The van der Waals surface area contributed by atoms with Gasteiger partial charge in [-0.2, -0.15) is 0 Å². The average Bonchev–Trinajstić information content (AvgIpc) is 2.52. The zero-order valence-corrected chi connectivity index (χ0v) is 10.9.